The molecule has 1 aromatic rings. The molecular weight excluding hydrogens is 495 g/mol. The first kappa shape index (κ1) is 26.8. The van der Waals surface area contributed by atoms with E-state index < -0.39 is 0 Å². The number of nitrogens with zero attached hydrogens (tertiary/aromatic N) is 2. The number of nitrogens with one attached hydrogen (secondary N) is 2. The minimum atomic E-state index is 0. The molecule has 172 valence electrons. The monoisotopic (exact) mass is 534 g/mol. The van der Waals surface area contributed by atoms with Gasteiger partial charge in [-0.1, -0.05) is 19.9 Å². The van der Waals surface area contributed by atoms with Crippen LogP contribution in [-0.2, 0) is 11.3 Å². The maximum absolute atomic E-state index is 5.67. The summed E-state index contributed by atoms with van der Waals surface area (Å²) in [5.41, 5.74) is 1.08. The van der Waals surface area contributed by atoms with E-state index in [1.165, 1.54) is 0 Å². The Morgan fingerprint density at radius 1 is 1.17 bits per heavy atom. The molecular formula is C22H39IN4O3. The second-order valence-electron chi connectivity index (χ2n) is 7.45. The van der Waals surface area contributed by atoms with Crippen molar-refractivity contribution in [1.29, 1.82) is 0 Å². The van der Waals surface area contributed by atoms with E-state index in [1.54, 1.807) is 7.11 Å². The average molecular weight is 534 g/mol. The van der Waals surface area contributed by atoms with E-state index in [0.29, 0.717) is 25.1 Å². The van der Waals surface area contributed by atoms with Crippen molar-refractivity contribution >= 4 is 29.9 Å². The highest BCUT2D eigenvalue weighted by Gasteiger charge is 2.23. The molecule has 0 aromatic heterocycles. The number of benzene rings is 1. The molecule has 30 heavy (non-hydrogen) atoms. The van der Waals surface area contributed by atoms with Crippen molar-refractivity contribution in [2.45, 2.75) is 40.3 Å². The number of aliphatic imine (C=N–C) groups is 1. The molecule has 2 N–H and O–H groups in total. The van der Waals surface area contributed by atoms with Crippen molar-refractivity contribution in [3.8, 4) is 11.5 Å². The fourth-order valence-corrected chi connectivity index (χ4v) is 3.50. The molecule has 1 aromatic carbocycles. The second kappa shape index (κ2) is 14.7. The third-order valence-electron chi connectivity index (χ3n) is 5.05. The summed E-state index contributed by atoms with van der Waals surface area (Å²) < 4.78 is 16.5. The maximum Gasteiger partial charge on any atom is 0.191 e. The summed E-state index contributed by atoms with van der Waals surface area (Å²) in [6.07, 6.45) is 0. The fraction of sp³-hybridized carbons (Fsp3) is 0.682. The predicted molar refractivity (Wildman–Crippen MR) is 133 cm³/mol. The van der Waals surface area contributed by atoms with Gasteiger partial charge in [0.1, 0.15) is 0 Å². The van der Waals surface area contributed by atoms with Gasteiger partial charge in [0.2, 0.25) is 0 Å². The number of guanidine groups is 1. The minimum absolute atomic E-state index is 0. The quantitative estimate of drug-likeness (QED) is 0.273. The highest BCUT2D eigenvalue weighted by atomic mass is 127. The van der Waals surface area contributed by atoms with Gasteiger partial charge in [-0.2, -0.15) is 0 Å². The van der Waals surface area contributed by atoms with Crippen molar-refractivity contribution in [1.82, 2.24) is 15.5 Å². The van der Waals surface area contributed by atoms with E-state index in [2.05, 4.69) is 36.3 Å². The van der Waals surface area contributed by atoms with Crippen molar-refractivity contribution in [2.24, 2.45) is 10.9 Å². The van der Waals surface area contributed by atoms with Crippen molar-refractivity contribution in [3.05, 3.63) is 23.8 Å². The Hall–Kier alpha value is -1.26. The van der Waals surface area contributed by atoms with Crippen LogP contribution in [0, 0.1) is 5.92 Å². The van der Waals surface area contributed by atoms with Crippen LogP contribution in [0.1, 0.15) is 33.3 Å². The van der Waals surface area contributed by atoms with E-state index >= 15 is 0 Å². The van der Waals surface area contributed by atoms with Gasteiger partial charge in [-0.3, -0.25) is 4.90 Å². The van der Waals surface area contributed by atoms with Crippen LogP contribution in [-0.4, -0.2) is 70.0 Å². The van der Waals surface area contributed by atoms with Gasteiger partial charge in [-0.05, 0) is 37.5 Å². The smallest absolute Gasteiger partial charge is 0.191 e. The Bertz CT molecular complexity index is 637. The Labute approximate surface area is 199 Å². The van der Waals surface area contributed by atoms with Crippen LogP contribution in [0.3, 0.4) is 0 Å². The number of hydrogen-bond acceptors (Lipinski definition) is 5. The molecule has 0 amide bonds. The van der Waals surface area contributed by atoms with Crippen molar-refractivity contribution < 1.29 is 14.2 Å². The van der Waals surface area contributed by atoms with E-state index in [1.807, 2.05) is 25.1 Å². The molecule has 0 radical (unpaired) electrons. The molecule has 0 spiro atoms. The summed E-state index contributed by atoms with van der Waals surface area (Å²) in [5.74, 6) is 2.89. The van der Waals surface area contributed by atoms with Crippen molar-refractivity contribution in [2.75, 3.05) is 53.1 Å². The van der Waals surface area contributed by atoms with Crippen LogP contribution in [0.2, 0.25) is 0 Å². The molecule has 1 aliphatic heterocycles. The maximum atomic E-state index is 5.67. The average Bonchev–Trinajstić information content (AvgIpc) is 2.73. The first-order valence-electron chi connectivity index (χ1n) is 10.7. The van der Waals surface area contributed by atoms with E-state index in [9.17, 15) is 0 Å². The zero-order chi connectivity index (χ0) is 21.1. The van der Waals surface area contributed by atoms with Crippen LogP contribution in [0.15, 0.2) is 23.2 Å². The van der Waals surface area contributed by atoms with Gasteiger partial charge in [0.15, 0.2) is 17.5 Å². The fourth-order valence-electron chi connectivity index (χ4n) is 3.50. The predicted octanol–water partition coefficient (Wildman–Crippen LogP) is 3.12. The Kier molecular flexibility index (Phi) is 13.1. The largest absolute Gasteiger partial charge is 0.493 e. The van der Waals surface area contributed by atoms with Gasteiger partial charge in [0, 0.05) is 32.2 Å². The van der Waals surface area contributed by atoms with Crippen LogP contribution in [0.4, 0.5) is 0 Å². The summed E-state index contributed by atoms with van der Waals surface area (Å²) in [5, 5.41) is 6.88. The number of morpholine rings is 1. The number of ether oxygens (including phenoxy) is 3. The lowest BCUT2D eigenvalue weighted by Crippen LogP contribution is -2.52. The first-order valence-corrected chi connectivity index (χ1v) is 10.7. The zero-order valence-electron chi connectivity index (χ0n) is 19.1. The summed E-state index contributed by atoms with van der Waals surface area (Å²) in [6.45, 7) is 15.1. The summed E-state index contributed by atoms with van der Waals surface area (Å²) in [4.78, 5) is 7.29. The van der Waals surface area contributed by atoms with Crippen LogP contribution >= 0.6 is 24.0 Å². The van der Waals surface area contributed by atoms with Crippen LogP contribution in [0.5, 0.6) is 11.5 Å². The van der Waals surface area contributed by atoms with Crippen LogP contribution < -0.4 is 20.1 Å². The van der Waals surface area contributed by atoms with E-state index in [-0.39, 0.29) is 24.0 Å². The number of methoxy groups -OCH3 is 1. The molecule has 1 atom stereocenters. The lowest BCUT2D eigenvalue weighted by Gasteiger charge is -2.37. The molecule has 0 saturated carbocycles. The van der Waals surface area contributed by atoms with Crippen LogP contribution in [0.25, 0.3) is 0 Å². The van der Waals surface area contributed by atoms with E-state index in [4.69, 9.17) is 19.2 Å². The molecule has 0 aliphatic carbocycles. The SMILES string of the molecule is CCNC(=NCc1ccc(OC)c(OCC)c1)NCC(C(C)C)N1CCOCC1.I. The second-order valence-corrected chi connectivity index (χ2v) is 7.45. The molecule has 1 saturated heterocycles. The molecule has 1 unspecified atom stereocenters. The van der Waals surface area contributed by atoms with Gasteiger partial charge in [-0.25, -0.2) is 4.99 Å². The molecule has 0 bridgehead atoms. The summed E-state index contributed by atoms with van der Waals surface area (Å²) in [6, 6.07) is 6.41. The van der Waals surface area contributed by atoms with Gasteiger partial charge >= 0.3 is 0 Å². The highest BCUT2D eigenvalue weighted by Crippen LogP contribution is 2.28. The molecule has 1 heterocycles. The summed E-state index contributed by atoms with van der Waals surface area (Å²) in [7, 11) is 1.66. The molecule has 1 aliphatic rings. The minimum Gasteiger partial charge on any atom is -0.493 e. The molecule has 8 heteroatoms. The van der Waals surface area contributed by atoms with E-state index in [0.717, 1.165) is 62.4 Å². The third kappa shape index (κ3) is 8.47. The van der Waals surface area contributed by atoms with Gasteiger partial charge < -0.3 is 24.8 Å². The normalized spacial score (nSPS) is 16.0. The molecule has 2 rings (SSSR count). The molecule has 1 fully saturated rings. The number of halogens is 1. The number of hydrogen-bond donors (Lipinski definition) is 2. The van der Waals surface area contributed by atoms with Crippen molar-refractivity contribution in [3.63, 3.8) is 0 Å². The Morgan fingerprint density at radius 2 is 1.90 bits per heavy atom. The molecule has 7 nitrogen and oxygen atoms in total. The van der Waals surface area contributed by atoms with Gasteiger partial charge in [-0.15, -0.1) is 24.0 Å². The third-order valence-corrected chi connectivity index (χ3v) is 5.05. The lowest BCUT2D eigenvalue weighted by atomic mass is 10.0. The lowest BCUT2D eigenvalue weighted by molar-refractivity contribution is 0.00752. The highest BCUT2D eigenvalue weighted by molar-refractivity contribution is 14.0. The zero-order valence-corrected chi connectivity index (χ0v) is 21.4. The topological polar surface area (TPSA) is 67.4 Å². The standard InChI is InChI=1S/C22H38N4O3.HI/c1-6-23-22(25-16-19(17(3)4)26-10-12-28-13-11-26)24-15-18-8-9-20(27-5)21(14-18)29-7-2;/h8-9,14,17,19H,6-7,10-13,15-16H2,1-5H3,(H2,23,24,25);1H. The van der Waals surface area contributed by atoms with Gasteiger partial charge in [0.25, 0.3) is 0 Å². The number of rotatable bonds is 10. The Balaban J connectivity index is 0.00000450. The summed E-state index contributed by atoms with van der Waals surface area (Å²) >= 11 is 0. The first-order chi connectivity index (χ1) is 14.1. The Morgan fingerprint density at radius 3 is 2.50 bits per heavy atom. The van der Waals surface area contributed by atoms with Gasteiger partial charge in [0.05, 0.1) is 33.5 Å².